The van der Waals surface area contributed by atoms with Crippen LogP contribution in [0.5, 0.6) is 11.5 Å². The molecule has 6 nitrogen and oxygen atoms in total. The zero-order valence-electron chi connectivity index (χ0n) is 14.7. The van der Waals surface area contributed by atoms with Gasteiger partial charge in [0.25, 0.3) is 0 Å². The van der Waals surface area contributed by atoms with Gasteiger partial charge in [-0.2, -0.15) is 0 Å². The topological polar surface area (TPSA) is 95.9 Å². The number of benzene rings is 1. The molecule has 24 heavy (non-hydrogen) atoms. The van der Waals surface area contributed by atoms with Crippen molar-refractivity contribution in [1.29, 1.82) is 0 Å². The summed E-state index contributed by atoms with van der Waals surface area (Å²) >= 11 is 0. The number of Topliss-reactive ketones (excluding diaryl/α,β-unsaturated/α-hetero) is 1. The van der Waals surface area contributed by atoms with E-state index in [1.807, 2.05) is 13.8 Å². The number of ketones is 1. The lowest BCUT2D eigenvalue weighted by molar-refractivity contribution is -0.131. The molecule has 0 fully saturated rings. The minimum Gasteiger partial charge on any atom is -0.504 e. The van der Waals surface area contributed by atoms with Crippen LogP contribution in [0, 0.1) is 11.8 Å². The standard InChI is InChI=1S/C18H27NO5/c1-11(2)15(9-14(21)7-12(3)20)18(23)19-10-13-5-6-16(22)17(8-13)24-4/h5-6,8,11-12,15,20,22H,7,9-10H2,1-4H3,(H,19,23)/t12?,15-/m0/s1. The van der Waals surface area contributed by atoms with E-state index < -0.39 is 12.0 Å². The number of nitrogens with one attached hydrogen (secondary N) is 1. The summed E-state index contributed by atoms with van der Waals surface area (Å²) in [5, 5.41) is 21.7. The van der Waals surface area contributed by atoms with Crippen LogP contribution in [0.3, 0.4) is 0 Å². The molecule has 6 heteroatoms. The molecule has 1 aromatic carbocycles. The van der Waals surface area contributed by atoms with E-state index in [0.717, 1.165) is 5.56 Å². The molecule has 2 atom stereocenters. The van der Waals surface area contributed by atoms with Crippen LogP contribution in [0.25, 0.3) is 0 Å². The maximum Gasteiger partial charge on any atom is 0.224 e. The molecule has 0 saturated heterocycles. The van der Waals surface area contributed by atoms with E-state index in [0.29, 0.717) is 5.75 Å². The number of phenols is 1. The van der Waals surface area contributed by atoms with Crippen molar-refractivity contribution in [3.63, 3.8) is 0 Å². The smallest absolute Gasteiger partial charge is 0.224 e. The molecule has 0 spiro atoms. The van der Waals surface area contributed by atoms with Gasteiger partial charge in [0.1, 0.15) is 5.78 Å². The number of phenolic OH excluding ortho intramolecular Hbond substituents is 1. The van der Waals surface area contributed by atoms with Crippen molar-refractivity contribution in [2.45, 2.75) is 46.3 Å². The summed E-state index contributed by atoms with van der Waals surface area (Å²) in [5.74, 6) is -0.362. The van der Waals surface area contributed by atoms with E-state index in [-0.39, 0.29) is 42.7 Å². The van der Waals surface area contributed by atoms with Crippen LogP contribution >= 0.6 is 0 Å². The van der Waals surface area contributed by atoms with Crippen molar-refractivity contribution in [1.82, 2.24) is 5.32 Å². The Balaban J connectivity index is 2.67. The predicted octanol–water partition coefficient (Wildman–Crippen LogP) is 2.02. The van der Waals surface area contributed by atoms with Crippen molar-refractivity contribution >= 4 is 11.7 Å². The molecule has 0 heterocycles. The minimum absolute atomic E-state index is 0.0114. The Morgan fingerprint density at radius 2 is 1.88 bits per heavy atom. The molecule has 1 rings (SSSR count). The average Bonchev–Trinajstić information content (AvgIpc) is 2.50. The number of hydrogen-bond donors (Lipinski definition) is 3. The Morgan fingerprint density at radius 1 is 1.21 bits per heavy atom. The lowest BCUT2D eigenvalue weighted by Crippen LogP contribution is -2.35. The van der Waals surface area contributed by atoms with Gasteiger partial charge in [0.05, 0.1) is 13.2 Å². The molecule has 0 aliphatic rings. The first-order valence-corrected chi connectivity index (χ1v) is 8.08. The van der Waals surface area contributed by atoms with Gasteiger partial charge in [0, 0.05) is 25.3 Å². The average molecular weight is 337 g/mol. The third-order valence-corrected chi connectivity index (χ3v) is 3.82. The number of methoxy groups -OCH3 is 1. The highest BCUT2D eigenvalue weighted by Crippen LogP contribution is 2.26. The summed E-state index contributed by atoms with van der Waals surface area (Å²) in [6.45, 7) is 5.62. The first-order chi connectivity index (χ1) is 11.2. The Bertz CT molecular complexity index is 569. The molecule has 0 bridgehead atoms. The number of rotatable bonds is 9. The Labute approximate surface area is 142 Å². The van der Waals surface area contributed by atoms with Gasteiger partial charge in [0.2, 0.25) is 5.91 Å². The number of hydrogen-bond acceptors (Lipinski definition) is 5. The van der Waals surface area contributed by atoms with Crippen molar-refractivity contribution < 1.29 is 24.5 Å². The van der Waals surface area contributed by atoms with Gasteiger partial charge in [-0.05, 0) is 30.5 Å². The fourth-order valence-electron chi connectivity index (χ4n) is 2.44. The maximum atomic E-state index is 12.4. The number of aromatic hydroxyl groups is 1. The van der Waals surface area contributed by atoms with E-state index in [9.17, 15) is 19.8 Å². The van der Waals surface area contributed by atoms with Crippen molar-refractivity contribution in [2.24, 2.45) is 11.8 Å². The first-order valence-electron chi connectivity index (χ1n) is 8.08. The molecule has 134 valence electrons. The summed E-state index contributed by atoms with van der Waals surface area (Å²) < 4.78 is 5.04. The lowest BCUT2D eigenvalue weighted by atomic mass is 9.88. The molecule has 3 N–H and O–H groups in total. The summed E-state index contributed by atoms with van der Waals surface area (Å²) in [7, 11) is 1.46. The fourth-order valence-corrected chi connectivity index (χ4v) is 2.44. The predicted molar refractivity (Wildman–Crippen MR) is 90.8 cm³/mol. The molecule has 1 unspecified atom stereocenters. The molecule has 0 aliphatic heterocycles. The fraction of sp³-hybridized carbons (Fsp3) is 0.556. The molecular formula is C18H27NO5. The zero-order chi connectivity index (χ0) is 18.3. The second-order valence-electron chi connectivity index (χ2n) is 6.37. The van der Waals surface area contributed by atoms with E-state index in [1.54, 1.807) is 19.1 Å². The van der Waals surface area contributed by atoms with Crippen molar-refractivity contribution in [3.05, 3.63) is 23.8 Å². The molecule has 1 amide bonds. The van der Waals surface area contributed by atoms with E-state index in [1.165, 1.54) is 13.2 Å². The van der Waals surface area contributed by atoms with Crippen LogP contribution < -0.4 is 10.1 Å². The Morgan fingerprint density at radius 3 is 2.42 bits per heavy atom. The zero-order valence-corrected chi connectivity index (χ0v) is 14.7. The largest absolute Gasteiger partial charge is 0.504 e. The third kappa shape index (κ3) is 6.20. The maximum absolute atomic E-state index is 12.4. The molecule has 1 aromatic rings. The van der Waals surface area contributed by atoms with Gasteiger partial charge in [-0.25, -0.2) is 0 Å². The number of amides is 1. The quantitative estimate of drug-likeness (QED) is 0.641. The summed E-state index contributed by atoms with van der Waals surface area (Å²) in [6.07, 6.45) is -0.517. The van der Waals surface area contributed by atoms with Crippen LogP contribution in [-0.2, 0) is 16.1 Å². The monoisotopic (exact) mass is 337 g/mol. The summed E-state index contributed by atoms with van der Waals surface area (Å²) in [5.41, 5.74) is 0.788. The van der Waals surface area contributed by atoms with E-state index in [4.69, 9.17) is 4.74 Å². The highest BCUT2D eigenvalue weighted by atomic mass is 16.5. The molecule has 0 saturated carbocycles. The van der Waals surface area contributed by atoms with Crippen molar-refractivity contribution in [2.75, 3.05) is 7.11 Å². The lowest BCUT2D eigenvalue weighted by Gasteiger charge is -2.20. The van der Waals surface area contributed by atoms with Crippen LogP contribution in [0.4, 0.5) is 0 Å². The molecule has 0 radical (unpaired) electrons. The second-order valence-corrected chi connectivity index (χ2v) is 6.37. The Kier molecular flexibility index (Phi) is 7.71. The highest BCUT2D eigenvalue weighted by molar-refractivity contribution is 5.87. The van der Waals surface area contributed by atoms with Gasteiger partial charge in [-0.1, -0.05) is 19.9 Å². The third-order valence-electron chi connectivity index (χ3n) is 3.82. The first kappa shape index (κ1) is 20.0. The van der Waals surface area contributed by atoms with Gasteiger partial charge in [-0.3, -0.25) is 9.59 Å². The number of carbonyl (C=O) groups excluding carboxylic acids is 2. The second kappa shape index (κ2) is 9.27. The normalized spacial score (nSPS) is 13.4. The van der Waals surface area contributed by atoms with Crippen LogP contribution in [0.15, 0.2) is 18.2 Å². The van der Waals surface area contributed by atoms with Crippen molar-refractivity contribution in [3.8, 4) is 11.5 Å². The molecule has 0 aliphatic carbocycles. The van der Waals surface area contributed by atoms with Crippen LogP contribution in [0.1, 0.15) is 39.2 Å². The van der Waals surface area contributed by atoms with Gasteiger partial charge in [-0.15, -0.1) is 0 Å². The SMILES string of the molecule is COc1cc(CNC(=O)[C@@H](CC(=O)CC(C)O)C(C)C)ccc1O. The van der Waals surface area contributed by atoms with E-state index >= 15 is 0 Å². The number of aliphatic hydroxyl groups excluding tert-OH is 1. The van der Waals surface area contributed by atoms with Gasteiger partial charge >= 0.3 is 0 Å². The molecule has 0 aromatic heterocycles. The Hall–Kier alpha value is -2.08. The number of aliphatic hydroxyl groups is 1. The molecular weight excluding hydrogens is 310 g/mol. The van der Waals surface area contributed by atoms with Crippen LogP contribution in [-0.4, -0.2) is 35.1 Å². The highest BCUT2D eigenvalue weighted by Gasteiger charge is 2.25. The van der Waals surface area contributed by atoms with E-state index in [2.05, 4.69) is 5.32 Å². The summed E-state index contributed by atoms with van der Waals surface area (Å²) in [6, 6.07) is 4.85. The number of ether oxygens (including phenoxy) is 1. The minimum atomic E-state index is -0.696. The summed E-state index contributed by atoms with van der Waals surface area (Å²) in [4.78, 5) is 24.3. The van der Waals surface area contributed by atoms with Gasteiger partial charge in [0.15, 0.2) is 11.5 Å². The number of carbonyl (C=O) groups is 2. The van der Waals surface area contributed by atoms with Crippen LogP contribution in [0.2, 0.25) is 0 Å². The van der Waals surface area contributed by atoms with Gasteiger partial charge < -0.3 is 20.3 Å².